The Morgan fingerprint density at radius 2 is 1.77 bits per heavy atom. The number of benzene rings is 2. The van der Waals surface area contributed by atoms with Crippen molar-refractivity contribution in [3.8, 4) is 0 Å². The van der Waals surface area contributed by atoms with Crippen molar-refractivity contribution in [1.29, 1.82) is 0 Å². The largest absolute Gasteiger partial charge is 0.289 e. The molecule has 30 heavy (non-hydrogen) atoms. The van der Waals surface area contributed by atoms with Gasteiger partial charge < -0.3 is 0 Å². The summed E-state index contributed by atoms with van der Waals surface area (Å²) in [6.45, 7) is 0.824. The average molecular weight is 459 g/mol. The molecule has 2 rings (SSSR count). The molecule has 0 radical (unpaired) electrons. The standard InChI is InChI=1S/C16H15ClN4O8S/c1-10(16(22)18-23)19(9-11-2-4-12(5-3-11)20(24)25)30(28,29)13-6-7-15(21(26)27)14(17)8-13/h2-8,10,23H,9H2,1H3,(H,18,22). The van der Waals surface area contributed by atoms with Crippen molar-refractivity contribution < 1.29 is 28.3 Å². The molecule has 12 nitrogen and oxygen atoms in total. The van der Waals surface area contributed by atoms with E-state index in [0.717, 1.165) is 22.5 Å². The molecule has 0 spiro atoms. The van der Waals surface area contributed by atoms with Crippen molar-refractivity contribution >= 4 is 38.9 Å². The highest BCUT2D eigenvalue weighted by Crippen LogP contribution is 2.30. The molecule has 2 aromatic carbocycles. The number of carbonyl (C=O) groups excluding carboxylic acids is 1. The highest BCUT2D eigenvalue weighted by Gasteiger charge is 2.34. The predicted molar refractivity (Wildman–Crippen MR) is 103 cm³/mol. The second kappa shape index (κ2) is 9.13. The Bertz CT molecular complexity index is 1090. The molecule has 0 fully saturated rings. The van der Waals surface area contributed by atoms with Crippen molar-refractivity contribution in [2.75, 3.05) is 0 Å². The van der Waals surface area contributed by atoms with E-state index in [-0.39, 0.29) is 12.2 Å². The Morgan fingerprint density at radius 1 is 1.17 bits per heavy atom. The molecule has 0 saturated carbocycles. The molecule has 0 aliphatic rings. The van der Waals surface area contributed by atoms with Crippen LogP contribution in [-0.4, -0.2) is 39.7 Å². The Labute approximate surface area is 175 Å². The number of hydroxylamine groups is 1. The van der Waals surface area contributed by atoms with Crippen LogP contribution in [0.3, 0.4) is 0 Å². The van der Waals surface area contributed by atoms with E-state index in [1.54, 1.807) is 0 Å². The number of amides is 1. The van der Waals surface area contributed by atoms with Gasteiger partial charge in [0.15, 0.2) is 0 Å². The predicted octanol–water partition coefficient (Wildman–Crippen LogP) is 2.24. The monoisotopic (exact) mass is 458 g/mol. The van der Waals surface area contributed by atoms with Gasteiger partial charge in [0.25, 0.3) is 17.3 Å². The quantitative estimate of drug-likeness (QED) is 0.344. The molecule has 0 aliphatic heterocycles. The van der Waals surface area contributed by atoms with Crippen LogP contribution in [0.25, 0.3) is 0 Å². The lowest BCUT2D eigenvalue weighted by molar-refractivity contribution is -0.385. The number of nitro benzene ring substituents is 2. The van der Waals surface area contributed by atoms with Gasteiger partial charge in [0.2, 0.25) is 10.0 Å². The number of sulfonamides is 1. The summed E-state index contributed by atoms with van der Waals surface area (Å²) in [7, 11) is -4.42. The van der Waals surface area contributed by atoms with Crippen LogP contribution >= 0.6 is 11.6 Å². The fourth-order valence-corrected chi connectivity index (χ4v) is 4.41. The normalized spacial score (nSPS) is 12.4. The summed E-state index contributed by atoms with van der Waals surface area (Å²) in [4.78, 5) is 31.8. The summed E-state index contributed by atoms with van der Waals surface area (Å²) in [5, 5.41) is 30.2. The third-order valence-electron chi connectivity index (χ3n) is 4.13. The van der Waals surface area contributed by atoms with Crippen LogP contribution in [0, 0.1) is 20.2 Å². The van der Waals surface area contributed by atoms with Gasteiger partial charge >= 0.3 is 0 Å². The summed E-state index contributed by atoms with van der Waals surface area (Å²) in [5.74, 6) is -1.03. The van der Waals surface area contributed by atoms with E-state index in [0.29, 0.717) is 5.56 Å². The maximum absolute atomic E-state index is 13.1. The van der Waals surface area contributed by atoms with E-state index in [1.165, 1.54) is 36.7 Å². The molecule has 0 saturated heterocycles. The number of halogens is 1. The number of carbonyl (C=O) groups is 1. The molecule has 0 aromatic heterocycles. The topological polar surface area (TPSA) is 173 Å². The Kier molecular flexibility index (Phi) is 7.04. The van der Waals surface area contributed by atoms with Crippen molar-refractivity contribution in [2.24, 2.45) is 0 Å². The molecule has 1 unspecified atom stereocenters. The van der Waals surface area contributed by atoms with Crippen molar-refractivity contribution in [1.82, 2.24) is 9.79 Å². The lowest BCUT2D eigenvalue weighted by atomic mass is 10.2. The second-order valence-electron chi connectivity index (χ2n) is 6.00. The van der Waals surface area contributed by atoms with Crippen LogP contribution < -0.4 is 5.48 Å². The number of hydrogen-bond acceptors (Lipinski definition) is 8. The van der Waals surface area contributed by atoms with Gasteiger partial charge in [-0.05, 0) is 24.6 Å². The summed E-state index contributed by atoms with van der Waals surface area (Å²) in [6, 6.07) is 6.31. The van der Waals surface area contributed by atoms with Gasteiger partial charge in [-0.25, -0.2) is 13.9 Å². The molecule has 160 valence electrons. The van der Waals surface area contributed by atoms with Gasteiger partial charge in [-0.15, -0.1) is 0 Å². The number of non-ortho nitro benzene ring substituents is 1. The summed E-state index contributed by atoms with van der Waals surface area (Å²) in [6.07, 6.45) is 0. The smallest absolute Gasteiger partial charge is 0.287 e. The summed E-state index contributed by atoms with van der Waals surface area (Å²) < 4.78 is 27.0. The zero-order valence-electron chi connectivity index (χ0n) is 15.3. The lowest BCUT2D eigenvalue weighted by Gasteiger charge is -2.27. The number of rotatable bonds is 8. The molecule has 0 bridgehead atoms. The minimum absolute atomic E-state index is 0.212. The molecule has 0 aliphatic carbocycles. The average Bonchev–Trinajstić information content (AvgIpc) is 2.70. The second-order valence-corrected chi connectivity index (χ2v) is 8.29. The van der Waals surface area contributed by atoms with Crippen LogP contribution in [0.15, 0.2) is 47.4 Å². The highest BCUT2D eigenvalue weighted by atomic mass is 35.5. The van der Waals surface area contributed by atoms with E-state index in [4.69, 9.17) is 16.8 Å². The summed E-state index contributed by atoms with van der Waals surface area (Å²) >= 11 is 5.80. The maximum Gasteiger partial charge on any atom is 0.287 e. The number of nitro groups is 2. The number of nitrogens with zero attached hydrogens (tertiary/aromatic N) is 3. The fraction of sp³-hybridized carbons (Fsp3) is 0.188. The SMILES string of the molecule is CC(C(=O)NO)N(Cc1ccc([N+](=O)[O-])cc1)S(=O)(=O)c1ccc([N+](=O)[O-])c(Cl)c1. The maximum atomic E-state index is 13.1. The molecule has 2 N–H and O–H groups in total. The van der Waals surface area contributed by atoms with Crippen molar-refractivity contribution in [3.05, 3.63) is 73.3 Å². The third kappa shape index (κ3) is 4.88. The molecule has 14 heteroatoms. The highest BCUT2D eigenvalue weighted by molar-refractivity contribution is 7.89. The van der Waals surface area contributed by atoms with Gasteiger partial charge in [0.05, 0.1) is 14.7 Å². The van der Waals surface area contributed by atoms with E-state index in [1.807, 2.05) is 0 Å². The van der Waals surface area contributed by atoms with Crippen molar-refractivity contribution in [3.63, 3.8) is 0 Å². The van der Waals surface area contributed by atoms with E-state index in [2.05, 4.69) is 0 Å². The van der Waals surface area contributed by atoms with Crippen LogP contribution in [-0.2, 0) is 21.4 Å². The van der Waals surface area contributed by atoms with Crippen LogP contribution in [0.1, 0.15) is 12.5 Å². The lowest BCUT2D eigenvalue weighted by Crippen LogP contribution is -2.46. The van der Waals surface area contributed by atoms with Crippen molar-refractivity contribution in [2.45, 2.75) is 24.4 Å². The van der Waals surface area contributed by atoms with E-state index in [9.17, 15) is 33.4 Å². The summed E-state index contributed by atoms with van der Waals surface area (Å²) in [5.41, 5.74) is 0.966. The Hall–Kier alpha value is -3.13. The minimum atomic E-state index is -4.42. The van der Waals surface area contributed by atoms with Gasteiger partial charge in [0, 0.05) is 24.7 Å². The number of nitrogens with one attached hydrogen (secondary N) is 1. The van der Waals surface area contributed by atoms with Gasteiger partial charge in [0.1, 0.15) is 11.1 Å². The third-order valence-corrected chi connectivity index (χ3v) is 6.34. The first kappa shape index (κ1) is 23.2. The van der Waals surface area contributed by atoms with Gasteiger partial charge in [-0.2, -0.15) is 4.31 Å². The van der Waals surface area contributed by atoms with Crippen LogP contribution in [0.2, 0.25) is 5.02 Å². The fourth-order valence-electron chi connectivity index (χ4n) is 2.49. The van der Waals surface area contributed by atoms with Gasteiger partial charge in [-0.3, -0.25) is 30.2 Å². The molecule has 2 aromatic rings. The molecule has 1 amide bonds. The van der Waals surface area contributed by atoms with E-state index >= 15 is 0 Å². The first-order valence-electron chi connectivity index (χ1n) is 8.12. The zero-order valence-corrected chi connectivity index (χ0v) is 16.8. The Morgan fingerprint density at radius 3 is 2.23 bits per heavy atom. The molecular weight excluding hydrogens is 444 g/mol. The molecular formula is C16H15ClN4O8S. The zero-order chi connectivity index (χ0) is 22.6. The van der Waals surface area contributed by atoms with Gasteiger partial charge in [-0.1, -0.05) is 23.7 Å². The van der Waals surface area contributed by atoms with Crippen LogP contribution in [0.5, 0.6) is 0 Å². The van der Waals surface area contributed by atoms with E-state index < -0.39 is 47.4 Å². The van der Waals surface area contributed by atoms with Crippen LogP contribution in [0.4, 0.5) is 11.4 Å². The first-order valence-corrected chi connectivity index (χ1v) is 9.94. The minimum Gasteiger partial charge on any atom is -0.289 e. The Balaban J connectivity index is 2.50. The first-order chi connectivity index (χ1) is 14.0. The molecule has 0 heterocycles. The number of hydrogen-bond donors (Lipinski definition) is 2. The molecule has 1 atom stereocenters.